The molecule has 1 aromatic heterocycles. The summed E-state index contributed by atoms with van der Waals surface area (Å²) in [6.07, 6.45) is 0.867. The average molecular weight is 375 g/mol. The van der Waals surface area contributed by atoms with Crippen molar-refractivity contribution in [1.29, 1.82) is 0 Å². The van der Waals surface area contributed by atoms with E-state index < -0.39 is 0 Å². The fourth-order valence-corrected chi connectivity index (χ4v) is 3.93. The summed E-state index contributed by atoms with van der Waals surface area (Å²) in [5.41, 5.74) is 7.51. The van der Waals surface area contributed by atoms with E-state index in [1.54, 1.807) is 11.3 Å². The Morgan fingerprint density at radius 3 is 2.41 bits per heavy atom. The minimum Gasteiger partial charge on any atom is -0.323 e. The quantitative estimate of drug-likeness (QED) is 0.818. The van der Waals surface area contributed by atoms with Gasteiger partial charge in [-0.05, 0) is 53.0 Å². The number of thiophene rings is 1. The van der Waals surface area contributed by atoms with Gasteiger partial charge in [-0.3, -0.25) is 0 Å². The highest BCUT2D eigenvalue weighted by atomic mass is 79.9. The molecule has 0 saturated heterocycles. The molecule has 2 aromatic rings. The van der Waals surface area contributed by atoms with Gasteiger partial charge in [-0.25, -0.2) is 0 Å². The van der Waals surface area contributed by atoms with Crippen LogP contribution in [0.5, 0.6) is 0 Å². The van der Waals surface area contributed by atoms with Crippen LogP contribution in [0.1, 0.15) is 21.4 Å². The molecule has 0 radical (unpaired) electrons. The number of nitrogens with two attached hydrogens (primary N) is 1. The van der Waals surface area contributed by atoms with E-state index in [1.807, 2.05) is 0 Å². The highest BCUT2D eigenvalue weighted by Gasteiger charge is 2.13. The average Bonchev–Trinajstić information content (AvgIpc) is 2.61. The van der Waals surface area contributed by atoms with Crippen LogP contribution in [0.2, 0.25) is 0 Å². The zero-order chi connectivity index (χ0) is 12.4. The minimum absolute atomic E-state index is 0.0595. The van der Waals surface area contributed by atoms with Crippen LogP contribution in [0, 0.1) is 6.92 Å². The van der Waals surface area contributed by atoms with Gasteiger partial charge in [0.15, 0.2) is 0 Å². The number of rotatable bonds is 3. The molecule has 2 rings (SSSR count). The SMILES string of the molecule is Cc1cc(Br)c(C(N)Cc2ccc(Br)cc2)s1. The van der Waals surface area contributed by atoms with Crippen molar-refractivity contribution in [3.8, 4) is 0 Å². The smallest absolute Gasteiger partial charge is 0.0442 e. The van der Waals surface area contributed by atoms with Gasteiger partial charge in [0.1, 0.15) is 0 Å². The zero-order valence-electron chi connectivity index (χ0n) is 9.41. The summed E-state index contributed by atoms with van der Waals surface area (Å²) in [4.78, 5) is 2.52. The molecule has 0 amide bonds. The molecule has 0 aliphatic heterocycles. The van der Waals surface area contributed by atoms with Crippen LogP contribution in [0.15, 0.2) is 39.3 Å². The molecule has 1 heterocycles. The summed E-state index contributed by atoms with van der Waals surface area (Å²) in [7, 11) is 0. The van der Waals surface area contributed by atoms with Crippen LogP contribution in [-0.4, -0.2) is 0 Å². The van der Waals surface area contributed by atoms with Crippen molar-refractivity contribution in [1.82, 2.24) is 0 Å². The number of benzene rings is 1. The molecule has 0 aliphatic carbocycles. The van der Waals surface area contributed by atoms with E-state index in [2.05, 4.69) is 69.1 Å². The molecule has 0 spiro atoms. The van der Waals surface area contributed by atoms with Gasteiger partial charge >= 0.3 is 0 Å². The van der Waals surface area contributed by atoms with Crippen molar-refractivity contribution in [2.75, 3.05) is 0 Å². The standard InChI is InChI=1S/C13H13Br2NS/c1-8-6-11(15)13(17-8)12(16)7-9-2-4-10(14)5-3-9/h2-6,12H,7,16H2,1H3. The Bertz CT molecular complexity index is 505. The van der Waals surface area contributed by atoms with Gasteiger partial charge in [-0.15, -0.1) is 11.3 Å². The van der Waals surface area contributed by atoms with E-state index in [0.717, 1.165) is 15.4 Å². The van der Waals surface area contributed by atoms with Crippen molar-refractivity contribution < 1.29 is 0 Å². The van der Waals surface area contributed by atoms with Crippen LogP contribution in [0.3, 0.4) is 0 Å². The Morgan fingerprint density at radius 1 is 1.24 bits per heavy atom. The van der Waals surface area contributed by atoms with E-state index in [4.69, 9.17) is 5.73 Å². The molecule has 1 aromatic carbocycles. The lowest BCUT2D eigenvalue weighted by Crippen LogP contribution is -2.12. The number of halogens is 2. The van der Waals surface area contributed by atoms with Crippen LogP contribution < -0.4 is 5.73 Å². The lowest BCUT2D eigenvalue weighted by molar-refractivity contribution is 0.733. The monoisotopic (exact) mass is 373 g/mol. The molecule has 90 valence electrons. The molecule has 0 saturated carbocycles. The summed E-state index contributed by atoms with van der Waals surface area (Å²) < 4.78 is 2.23. The minimum atomic E-state index is 0.0595. The maximum atomic E-state index is 6.25. The van der Waals surface area contributed by atoms with Crippen LogP contribution in [0.25, 0.3) is 0 Å². The highest BCUT2D eigenvalue weighted by Crippen LogP contribution is 2.32. The normalized spacial score (nSPS) is 12.7. The molecule has 1 unspecified atom stereocenters. The van der Waals surface area contributed by atoms with E-state index in [-0.39, 0.29) is 6.04 Å². The topological polar surface area (TPSA) is 26.0 Å². The summed E-state index contributed by atoms with van der Waals surface area (Å²) in [6, 6.07) is 10.5. The van der Waals surface area contributed by atoms with Crippen LogP contribution in [0.4, 0.5) is 0 Å². The van der Waals surface area contributed by atoms with Crippen molar-refractivity contribution >= 4 is 43.2 Å². The van der Waals surface area contributed by atoms with Gasteiger partial charge in [-0.1, -0.05) is 28.1 Å². The molecule has 17 heavy (non-hydrogen) atoms. The van der Waals surface area contributed by atoms with E-state index >= 15 is 0 Å². The third-order valence-electron chi connectivity index (χ3n) is 2.54. The lowest BCUT2D eigenvalue weighted by atomic mass is 10.1. The molecule has 4 heteroatoms. The predicted octanol–water partition coefficient (Wildman–Crippen LogP) is 4.82. The second-order valence-electron chi connectivity index (χ2n) is 4.01. The van der Waals surface area contributed by atoms with Gasteiger partial charge in [0.05, 0.1) is 0 Å². The Balaban J connectivity index is 2.14. The fourth-order valence-electron chi connectivity index (χ4n) is 1.72. The molecule has 0 bridgehead atoms. The first kappa shape index (κ1) is 13.3. The van der Waals surface area contributed by atoms with Gasteiger partial charge < -0.3 is 5.73 Å². The molecule has 2 N–H and O–H groups in total. The summed E-state index contributed by atoms with van der Waals surface area (Å²) in [5.74, 6) is 0. The molecule has 0 aliphatic rings. The van der Waals surface area contributed by atoms with E-state index in [0.29, 0.717) is 0 Å². The van der Waals surface area contributed by atoms with Crippen molar-refractivity contribution in [3.05, 3.63) is 54.6 Å². The van der Waals surface area contributed by atoms with Crippen molar-refractivity contribution in [2.24, 2.45) is 5.73 Å². The van der Waals surface area contributed by atoms with E-state index in [1.165, 1.54) is 15.3 Å². The lowest BCUT2D eigenvalue weighted by Gasteiger charge is -2.10. The Labute approximate surface area is 122 Å². The first-order chi connectivity index (χ1) is 8.06. The first-order valence-electron chi connectivity index (χ1n) is 5.32. The molecule has 0 fully saturated rings. The second kappa shape index (κ2) is 5.65. The van der Waals surface area contributed by atoms with Crippen LogP contribution >= 0.6 is 43.2 Å². The largest absolute Gasteiger partial charge is 0.323 e. The second-order valence-corrected chi connectivity index (χ2v) is 7.06. The summed E-state index contributed by atoms with van der Waals surface area (Å²) in [5, 5.41) is 0. The molecular formula is C13H13Br2NS. The number of aryl methyl sites for hydroxylation is 1. The molecule has 1 nitrogen and oxygen atoms in total. The Hall–Kier alpha value is -0.160. The first-order valence-corrected chi connectivity index (χ1v) is 7.72. The maximum absolute atomic E-state index is 6.25. The molecule has 1 atom stereocenters. The molecular weight excluding hydrogens is 362 g/mol. The van der Waals surface area contributed by atoms with Gasteiger partial charge in [-0.2, -0.15) is 0 Å². The summed E-state index contributed by atoms with van der Waals surface area (Å²) >= 11 is 8.76. The fraction of sp³-hybridized carbons (Fsp3) is 0.231. The zero-order valence-corrected chi connectivity index (χ0v) is 13.4. The van der Waals surface area contributed by atoms with E-state index in [9.17, 15) is 0 Å². The predicted molar refractivity (Wildman–Crippen MR) is 81.5 cm³/mol. The third kappa shape index (κ3) is 3.41. The highest BCUT2D eigenvalue weighted by molar-refractivity contribution is 9.10. The third-order valence-corrected chi connectivity index (χ3v) is 5.17. The van der Waals surface area contributed by atoms with Crippen molar-refractivity contribution in [2.45, 2.75) is 19.4 Å². The van der Waals surface area contributed by atoms with Gasteiger partial charge in [0.2, 0.25) is 0 Å². The van der Waals surface area contributed by atoms with Gasteiger partial charge in [0, 0.05) is 24.7 Å². The number of hydrogen-bond donors (Lipinski definition) is 1. The Morgan fingerprint density at radius 2 is 1.88 bits per heavy atom. The number of hydrogen-bond acceptors (Lipinski definition) is 2. The van der Waals surface area contributed by atoms with Crippen LogP contribution in [-0.2, 0) is 6.42 Å². The Kier molecular flexibility index (Phi) is 4.42. The van der Waals surface area contributed by atoms with Crippen molar-refractivity contribution in [3.63, 3.8) is 0 Å². The van der Waals surface area contributed by atoms with Gasteiger partial charge in [0.25, 0.3) is 0 Å². The summed E-state index contributed by atoms with van der Waals surface area (Å²) in [6.45, 7) is 2.10. The maximum Gasteiger partial charge on any atom is 0.0442 e.